The Labute approximate surface area is 83.0 Å². The van der Waals surface area contributed by atoms with Gasteiger partial charge >= 0.3 is 0 Å². The number of Topliss-reactive ketones (excluding diaryl/α,β-unsaturated/α-hetero) is 1. The van der Waals surface area contributed by atoms with E-state index in [1.54, 1.807) is 12.3 Å². The van der Waals surface area contributed by atoms with E-state index in [4.69, 9.17) is 0 Å². The van der Waals surface area contributed by atoms with E-state index in [1.807, 2.05) is 31.2 Å². The van der Waals surface area contributed by atoms with E-state index in [-0.39, 0.29) is 5.78 Å². The topological polar surface area (TPSA) is 29.4 Å². The molecule has 0 radical (unpaired) electrons. The molecule has 14 heavy (non-hydrogen) atoms. The summed E-state index contributed by atoms with van der Waals surface area (Å²) in [5.41, 5.74) is 2.63. The molecule has 1 aliphatic rings. The Hall–Kier alpha value is -1.70. The van der Waals surface area contributed by atoms with Crippen LogP contribution in [0, 0.1) is 6.92 Å². The van der Waals surface area contributed by atoms with Crippen LogP contribution >= 0.6 is 0 Å². The third kappa shape index (κ3) is 1.51. The summed E-state index contributed by atoms with van der Waals surface area (Å²) in [5, 5.41) is 0. The van der Waals surface area contributed by atoms with Crippen LogP contribution < -0.4 is 0 Å². The van der Waals surface area contributed by atoms with Gasteiger partial charge in [-0.3, -0.25) is 9.79 Å². The average Bonchev–Trinajstić information content (AvgIpc) is 2.20. The van der Waals surface area contributed by atoms with Crippen molar-refractivity contribution in [3.63, 3.8) is 0 Å². The highest BCUT2D eigenvalue weighted by Crippen LogP contribution is 2.13. The van der Waals surface area contributed by atoms with E-state index < -0.39 is 0 Å². The van der Waals surface area contributed by atoms with Crippen LogP contribution in [-0.2, 0) is 4.79 Å². The van der Waals surface area contributed by atoms with E-state index in [9.17, 15) is 4.79 Å². The van der Waals surface area contributed by atoms with Crippen molar-refractivity contribution in [3.8, 4) is 0 Å². The number of allylic oxidation sites excluding steroid dienone is 1. The zero-order valence-corrected chi connectivity index (χ0v) is 8.03. The van der Waals surface area contributed by atoms with E-state index in [1.165, 1.54) is 0 Å². The second-order valence-corrected chi connectivity index (χ2v) is 3.30. The van der Waals surface area contributed by atoms with E-state index >= 15 is 0 Å². The van der Waals surface area contributed by atoms with Crippen LogP contribution in [0.1, 0.15) is 17.5 Å². The lowest BCUT2D eigenvalue weighted by atomic mass is 9.99. The van der Waals surface area contributed by atoms with Gasteiger partial charge in [-0.2, -0.15) is 0 Å². The highest BCUT2D eigenvalue weighted by Gasteiger charge is 2.15. The third-order valence-corrected chi connectivity index (χ3v) is 2.28. The standard InChI is InChI=1S/C12H11NO/c1-9-5-2-3-6-10(9)12-11(14)7-4-8-13-12/h2-6,8H,7H2,1H3. The summed E-state index contributed by atoms with van der Waals surface area (Å²) in [5.74, 6) is 0.0989. The maximum Gasteiger partial charge on any atom is 0.185 e. The van der Waals surface area contributed by atoms with Gasteiger partial charge in [0, 0.05) is 18.2 Å². The summed E-state index contributed by atoms with van der Waals surface area (Å²) in [7, 11) is 0. The Morgan fingerprint density at radius 1 is 1.29 bits per heavy atom. The molecule has 2 rings (SSSR count). The number of benzene rings is 1. The van der Waals surface area contributed by atoms with Crippen molar-refractivity contribution in [1.29, 1.82) is 0 Å². The fraction of sp³-hybridized carbons (Fsp3) is 0.167. The molecule has 1 heterocycles. The maximum absolute atomic E-state index is 11.6. The Balaban J connectivity index is 2.49. The molecule has 0 unspecified atom stereocenters. The van der Waals surface area contributed by atoms with Crippen molar-refractivity contribution in [2.45, 2.75) is 13.3 Å². The van der Waals surface area contributed by atoms with Gasteiger partial charge in [0.05, 0.1) is 0 Å². The lowest BCUT2D eigenvalue weighted by molar-refractivity contribution is -0.112. The van der Waals surface area contributed by atoms with Crippen LogP contribution in [0.15, 0.2) is 41.5 Å². The Kier molecular flexibility index (Phi) is 2.27. The van der Waals surface area contributed by atoms with Gasteiger partial charge in [0.1, 0.15) is 5.71 Å². The number of nitrogens with zero attached hydrogens (tertiary/aromatic N) is 1. The second-order valence-electron chi connectivity index (χ2n) is 3.30. The molecule has 1 aromatic rings. The minimum Gasteiger partial charge on any atom is -0.292 e. The van der Waals surface area contributed by atoms with Gasteiger partial charge in [-0.15, -0.1) is 0 Å². The van der Waals surface area contributed by atoms with Crippen molar-refractivity contribution >= 4 is 11.5 Å². The summed E-state index contributed by atoms with van der Waals surface area (Å²) in [4.78, 5) is 15.7. The first-order valence-electron chi connectivity index (χ1n) is 4.61. The Morgan fingerprint density at radius 3 is 2.79 bits per heavy atom. The van der Waals surface area contributed by atoms with Crippen molar-refractivity contribution in [3.05, 3.63) is 47.7 Å². The van der Waals surface area contributed by atoms with Crippen molar-refractivity contribution in [2.24, 2.45) is 4.99 Å². The molecular formula is C12H11NO. The zero-order chi connectivity index (χ0) is 9.97. The van der Waals surface area contributed by atoms with Crippen molar-refractivity contribution < 1.29 is 4.79 Å². The molecule has 2 nitrogen and oxygen atoms in total. The third-order valence-electron chi connectivity index (χ3n) is 2.28. The molecule has 1 aromatic carbocycles. The summed E-state index contributed by atoms with van der Waals surface area (Å²) in [6, 6.07) is 7.81. The van der Waals surface area contributed by atoms with E-state index in [0.717, 1.165) is 11.1 Å². The number of carbonyl (C=O) groups is 1. The molecule has 0 bridgehead atoms. The summed E-state index contributed by atoms with van der Waals surface area (Å²) >= 11 is 0. The lowest BCUT2D eigenvalue weighted by Crippen LogP contribution is -2.17. The van der Waals surface area contributed by atoms with Crippen molar-refractivity contribution in [2.75, 3.05) is 0 Å². The number of hydrogen-bond acceptors (Lipinski definition) is 2. The molecular weight excluding hydrogens is 174 g/mol. The molecule has 0 saturated carbocycles. The molecule has 0 spiro atoms. The maximum atomic E-state index is 11.6. The molecule has 1 aliphatic heterocycles. The normalized spacial score (nSPS) is 15.5. The molecule has 0 aromatic heterocycles. The van der Waals surface area contributed by atoms with Gasteiger partial charge in [-0.1, -0.05) is 30.3 Å². The van der Waals surface area contributed by atoms with Gasteiger partial charge in [-0.25, -0.2) is 0 Å². The largest absolute Gasteiger partial charge is 0.292 e. The number of hydrogen-bond donors (Lipinski definition) is 0. The number of aryl methyl sites for hydroxylation is 1. The van der Waals surface area contributed by atoms with Gasteiger partial charge in [0.15, 0.2) is 5.78 Å². The first-order valence-corrected chi connectivity index (χ1v) is 4.61. The minimum absolute atomic E-state index is 0.0989. The average molecular weight is 185 g/mol. The summed E-state index contributed by atoms with van der Waals surface area (Å²) in [6.45, 7) is 1.99. The molecule has 2 heteroatoms. The molecule has 0 fully saturated rings. The fourth-order valence-corrected chi connectivity index (χ4v) is 1.51. The van der Waals surface area contributed by atoms with Crippen LogP contribution in [0.5, 0.6) is 0 Å². The van der Waals surface area contributed by atoms with Gasteiger partial charge < -0.3 is 0 Å². The molecule has 0 aliphatic carbocycles. The first kappa shape index (κ1) is 8.88. The van der Waals surface area contributed by atoms with Crippen LogP contribution in [0.3, 0.4) is 0 Å². The van der Waals surface area contributed by atoms with Gasteiger partial charge in [-0.05, 0) is 12.5 Å². The van der Waals surface area contributed by atoms with Crippen LogP contribution in [-0.4, -0.2) is 11.5 Å². The Morgan fingerprint density at radius 2 is 2.07 bits per heavy atom. The zero-order valence-electron chi connectivity index (χ0n) is 8.03. The SMILES string of the molecule is Cc1ccccc1C1=NC=CCC1=O. The Bertz CT molecular complexity index is 430. The molecule has 0 amide bonds. The highest BCUT2D eigenvalue weighted by atomic mass is 16.1. The predicted molar refractivity (Wildman–Crippen MR) is 56.5 cm³/mol. The minimum atomic E-state index is 0.0989. The number of carbonyl (C=O) groups excluding carboxylic acids is 1. The lowest BCUT2D eigenvalue weighted by Gasteiger charge is -2.09. The first-order chi connectivity index (χ1) is 6.79. The van der Waals surface area contributed by atoms with Crippen molar-refractivity contribution in [1.82, 2.24) is 0 Å². The van der Waals surface area contributed by atoms with Crippen LogP contribution in [0.25, 0.3) is 0 Å². The summed E-state index contributed by atoms with van der Waals surface area (Å²) in [6.07, 6.45) is 3.94. The van der Waals surface area contributed by atoms with E-state index in [0.29, 0.717) is 12.1 Å². The molecule has 70 valence electrons. The summed E-state index contributed by atoms with van der Waals surface area (Å²) < 4.78 is 0. The van der Waals surface area contributed by atoms with Crippen LogP contribution in [0.4, 0.5) is 0 Å². The second kappa shape index (κ2) is 3.58. The van der Waals surface area contributed by atoms with Gasteiger partial charge in [0.2, 0.25) is 0 Å². The quantitative estimate of drug-likeness (QED) is 0.660. The fourth-order valence-electron chi connectivity index (χ4n) is 1.51. The predicted octanol–water partition coefficient (Wildman–Crippen LogP) is 2.27. The highest BCUT2D eigenvalue weighted by molar-refractivity contribution is 6.47. The van der Waals surface area contributed by atoms with E-state index in [2.05, 4.69) is 4.99 Å². The van der Waals surface area contributed by atoms with Crippen LogP contribution in [0.2, 0.25) is 0 Å². The smallest absolute Gasteiger partial charge is 0.185 e. The number of rotatable bonds is 1. The van der Waals surface area contributed by atoms with Gasteiger partial charge in [0.25, 0.3) is 0 Å². The molecule has 0 saturated heterocycles. The number of ketones is 1. The monoisotopic (exact) mass is 185 g/mol. The molecule has 0 atom stereocenters. The number of aliphatic imine (C=N–C) groups is 1. The molecule has 0 N–H and O–H groups in total.